The number of hydrogen-bond donors (Lipinski definition) is 1. The van der Waals surface area contributed by atoms with E-state index in [1.54, 1.807) is 0 Å². The van der Waals surface area contributed by atoms with E-state index < -0.39 is 0 Å². The largest absolute Gasteiger partial charge is 0.423 e. The smallest absolute Gasteiger partial charge is 0.235 e. The monoisotopic (exact) mass is 269 g/mol. The predicted octanol–water partition coefficient (Wildman–Crippen LogP) is 2.44. The van der Waals surface area contributed by atoms with Gasteiger partial charge in [-0.25, -0.2) is 0 Å². The minimum atomic E-state index is 0.414. The van der Waals surface area contributed by atoms with E-state index >= 15 is 0 Å². The fourth-order valence-corrected chi connectivity index (χ4v) is 2.11. The Morgan fingerprint density at radius 3 is 2.90 bits per heavy atom. The van der Waals surface area contributed by atoms with Crippen molar-refractivity contribution in [2.45, 2.75) is 39.2 Å². The molecule has 0 unspecified atom stereocenters. The van der Waals surface area contributed by atoms with E-state index in [1.165, 1.54) is 0 Å². The van der Waals surface area contributed by atoms with Crippen LogP contribution in [0.15, 0.2) is 10.5 Å². The van der Waals surface area contributed by atoms with Crippen LogP contribution in [-0.2, 0) is 6.54 Å². The van der Waals surface area contributed by atoms with Gasteiger partial charge in [0.2, 0.25) is 11.8 Å². The molecule has 0 aromatic carbocycles. The number of nitrogens with zero attached hydrogens (tertiary/aromatic N) is 4. The molecule has 0 amide bonds. The lowest BCUT2D eigenvalue weighted by molar-refractivity contribution is 0.457. The molecule has 1 aliphatic rings. The van der Waals surface area contributed by atoms with Gasteiger partial charge in [-0.2, -0.15) is 5.26 Å². The van der Waals surface area contributed by atoms with Crippen molar-refractivity contribution in [3.05, 3.63) is 34.8 Å². The van der Waals surface area contributed by atoms with Gasteiger partial charge in [-0.1, -0.05) is 0 Å². The molecule has 1 saturated carbocycles. The van der Waals surface area contributed by atoms with E-state index in [0.29, 0.717) is 23.9 Å². The molecule has 2 heterocycles. The van der Waals surface area contributed by atoms with Gasteiger partial charge in [0.1, 0.15) is 6.07 Å². The predicted molar refractivity (Wildman–Crippen MR) is 72.0 cm³/mol. The standard InChI is InChI=1S/C14H15N5O/c1-8-5-12(11(6-15)9(2)17-8)16-7-13-18-19-14(20-13)10-3-4-10/h5,10H,3-4,7H2,1-2H3,(H,16,17). The fraction of sp³-hybridized carbons (Fsp3) is 0.429. The molecule has 0 bridgehead atoms. The SMILES string of the molecule is Cc1cc(NCc2nnc(C3CC3)o2)c(C#N)c(C)n1. The van der Waals surface area contributed by atoms with Crippen molar-refractivity contribution in [3.8, 4) is 6.07 Å². The summed E-state index contributed by atoms with van der Waals surface area (Å²) in [5, 5.41) is 20.4. The number of rotatable bonds is 4. The number of hydrogen-bond acceptors (Lipinski definition) is 6. The van der Waals surface area contributed by atoms with Crippen LogP contribution >= 0.6 is 0 Å². The molecule has 102 valence electrons. The molecule has 0 spiro atoms. The van der Waals surface area contributed by atoms with Crippen LogP contribution in [0.3, 0.4) is 0 Å². The molecule has 3 rings (SSSR count). The molecular formula is C14H15N5O. The van der Waals surface area contributed by atoms with Crippen LogP contribution in [0.5, 0.6) is 0 Å². The highest BCUT2D eigenvalue weighted by Crippen LogP contribution is 2.39. The van der Waals surface area contributed by atoms with Gasteiger partial charge in [-0.15, -0.1) is 10.2 Å². The summed E-state index contributed by atoms with van der Waals surface area (Å²) in [4.78, 5) is 4.28. The molecule has 20 heavy (non-hydrogen) atoms. The van der Waals surface area contributed by atoms with Gasteiger partial charge in [0, 0.05) is 11.6 Å². The van der Waals surface area contributed by atoms with Gasteiger partial charge in [-0.3, -0.25) is 4.98 Å². The second kappa shape index (κ2) is 4.93. The van der Waals surface area contributed by atoms with Crippen molar-refractivity contribution < 1.29 is 4.42 Å². The number of aromatic nitrogens is 3. The van der Waals surface area contributed by atoms with Crippen molar-refractivity contribution in [2.24, 2.45) is 0 Å². The lowest BCUT2D eigenvalue weighted by atomic mass is 10.1. The summed E-state index contributed by atoms with van der Waals surface area (Å²) in [7, 11) is 0. The molecule has 2 aromatic heterocycles. The Bertz CT molecular complexity index is 681. The Balaban J connectivity index is 1.75. The Kier molecular flexibility index (Phi) is 3.11. The summed E-state index contributed by atoms with van der Waals surface area (Å²) in [6.07, 6.45) is 2.27. The number of nitriles is 1. The molecule has 1 N–H and O–H groups in total. The summed E-state index contributed by atoms with van der Waals surface area (Å²) in [6.45, 7) is 4.14. The van der Waals surface area contributed by atoms with Crippen LogP contribution in [0.4, 0.5) is 5.69 Å². The molecular weight excluding hydrogens is 254 g/mol. The molecule has 0 aliphatic heterocycles. The van der Waals surface area contributed by atoms with Crippen LogP contribution in [0.2, 0.25) is 0 Å². The molecule has 0 radical (unpaired) electrons. The molecule has 6 nitrogen and oxygen atoms in total. The molecule has 2 aromatic rings. The molecule has 0 saturated heterocycles. The van der Waals surface area contributed by atoms with Crippen molar-refractivity contribution in [1.29, 1.82) is 5.26 Å². The Morgan fingerprint density at radius 2 is 2.20 bits per heavy atom. The normalized spacial score (nSPS) is 14.1. The van der Waals surface area contributed by atoms with Crippen LogP contribution < -0.4 is 5.32 Å². The first-order valence-electron chi connectivity index (χ1n) is 6.62. The van der Waals surface area contributed by atoms with Crippen molar-refractivity contribution >= 4 is 5.69 Å². The van der Waals surface area contributed by atoms with E-state index in [-0.39, 0.29) is 0 Å². The molecule has 1 fully saturated rings. The number of nitrogens with one attached hydrogen (secondary N) is 1. The lowest BCUT2D eigenvalue weighted by Crippen LogP contribution is -2.04. The van der Waals surface area contributed by atoms with E-state index in [0.717, 1.165) is 35.8 Å². The first-order valence-corrected chi connectivity index (χ1v) is 6.62. The van der Waals surface area contributed by atoms with E-state index in [9.17, 15) is 5.26 Å². The molecule has 1 aliphatic carbocycles. The Morgan fingerprint density at radius 1 is 1.40 bits per heavy atom. The number of pyridine rings is 1. The lowest BCUT2D eigenvalue weighted by Gasteiger charge is -2.08. The summed E-state index contributed by atoms with van der Waals surface area (Å²) in [6, 6.07) is 4.02. The average Bonchev–Trinajstić information content (AvgIpc) is 3.15. The minimum Gasteiger partial charge on any atom is -0.423 e. The van der Waals surface area contributed by atoms with Gasteiger partial charge < -0.3 is 9.73 Å². The topological polar surface area (TPSA) is 87.6 Å². The van der Waals surface area contributed by atoms with Crippen molar-refractivity contribution in [2.75, 3.05) is 5.32 Å². The average molecular weight is 269 g/mol. The summed E-state index contributed by atoms with van der Waals surface area (Å²) in [5.74, 6) is 1.73. The van der Waals surface area contributed by atoms with E-state index in [2.05, 4.69) is 26.6 Å². The maximum atomic E-state index is 9.19. The zero-order valence-corrected chi connectivity index (χ0v) is 11.5. The van der Waals surface area contributed by atoms with Crippen LogP contribution in [-0.4, -0.2) is 15.2 Å². The summed E-state index contributed by atoms with van der Waals surface area (Å²) in [5.41, 5.74) is 2.90. The van der Waals surface area contributed by atoms with Crippen molar-refractivity contribution in [1.82, 2.24) is 15.2 Å². The highest BCUT2D eigenvalue weighted by molar-refractivity contribution is 5.59. The van der Waals surface area contributed by atoms with Gasteiger partial charge in [0.05, 0.1) is 23.5 Å². The third-order valence-electron chi connectivity index (χ3n) is 3.28. The van der Waals surface area contributed by atoms with E-state index in [4.69, 9.17) is 4.42 Å². The van der Waals surface area contributed by atoms with Gasteiger partial charge in [-0.05, 0) is 32.8 Å². The fourth-order valence-electron chi connectivity index (χ4n) is 2.11. The van der Waals surface area contributed by atoms with Crippen LogP contribution in [0.1, 0.15) is 47.5 Å². The summed E-state index contributed by atoms with van der Waals surface area (Å²) < 4.78 is 5.58. The quantitative estimate of drug-likeness (QED) is 0.917. The first kappa shape index (κ1) is 12.6. The highest BCUT2D eigenvalue weighted by Gasteiger charge is 2.29. The van der Waals surface area contributed by atoms with Gasteiger partial charge >= 0.3 is 0 Å². The molecule has 0 atom stereocenters. The highest BCUT2D eigenvalue weighted by atomic mass is 16.4. The van der Waals surface area contributed by atoms with Crippen LogP contribution in [0.25, 0.3) is 0 Å². The van der Waals surface area contributed by atoms with Gasteiger partial charge in [0.15, 0.2) is 0 Å². The first-order chi connectivity index (χ1) is 9.67. The van der Waals surface area contributed by atoms with Crippen LogP contribution in [0, 0.1) is 25.2 Å². The maximum absolute atomic E-state index is 9.19. The minimum absolute atomic E-state index is 0.414. The zero-order valence-electron chi connectivity index (χ0n) is 11.5. The zero-order chi connectivity index (χ0) is 14.1. The summed E-state index contributed by atoms with van der Waals surface area (Å²) >= 11 is 0. The van der Waals surface area contributed by atoms with Gasteiger partial charge in [0.25, 0.3) is 0 Å². The second-order valence-corrected chi connectivity index (χ2v) is 5.05. The number of anilines is 1. The Hall–Kier alpha value is -2.42. The molecule has 6 heteroatoms. The Labute approximate surface area is 116 Å². The maximum Gasteiger partial charge on any atom is 0.235 e. The third kappa shape index (κ3) is 2.48. The number of aryl methyl sites for hydroxylation is 2. The van der Waals surface area contributed by atoms with Crippen molar-refractivity contribution in [3.63, 3.8) is 0 Å². The third-order valence-corrected chi connectivity index (χ3v) is 3.28. The second-order valence-electron chi connectivity index (χ2n) is 5.05. The van der Waals surface area contributed by atoms with E-state index in [1.807, 2.05) is 19.9 Å².